The van der Waals surface area contributed by atoms with E-state index in [1.54, 1.807) is 0 Å². The fraction of sp³-hybridized carbons (Fsp3) is 1.00. The van der Waals surface area contributed by atoms with Crippen LogP contribution >= 0.6 is 0 Å². The molecule has 2 unspecified atom stereocenters. The molecule has 1 aliphatic heterocycles. The molecule has 12 heavy (non-hydrogen) atoms. The zero-order valence-electron chi connectivity index (χ0n) is 7.84. The van der Waals surface area contributed by atoms with Crippen molar-refractivity contribution in [3.63, 3.8) is 0 Å². The molecular formula is C10H20N2. The number of fused-ring (bicyclic) bond motifs is 2. The first-order chi connectivity index (χ1) is 5.88. The molecule has 2 fully saturated rings. The van der Waals surface area contributed by atoms with Gasteiger partial charge in [-0.15, -0.1) is 0 Å². The average molecular weight is 168 g/mol. The monoisotopic (exact) mass is 168 g/mol. The second kappa shape index (κ2) is 3.75. The second-order valence-corrected chi connectivity index (χ2v) is 4.45. The molecule has 2 bridgehead atoms. The molecule has 70 valence electrons. The zero-order chi connectivity index (χ0) is 8.39. The minimum Gasteiger partial charge on any atom is -0.329 e. The summed E-state index contributed by atoms with van der Waals surface area (Å²) in [6, 6.07) is 0. The number of nitrogens with two attached hydrogens (primary N) is 1. The van der Waals surface area contributed by atoms with Crippen LogP contribution < -0.4 is 5.73 Å². The standard InChI is InChI=1S/C10H20N2/c11-4-5-12-7-9-2-1-3-10(6-9)8-12/h9-10H,1-8,11H2. The Kier molecular flexibility index (Phi) is 2.66. The molecule has 2 atom stereocenters. The van der Waals surface area contributed by atoms with E-state index in [2.05, 4.69) is 4.90 Å². The molecule has 2 nitrogen and oxygen atoms in total. The highest BCUT2D eigenvalue weighted by Gasteiger charge is 2.29. The fourth-order valence-corrected chi connectivity index (χ4v) is 2.90. The van der Waals surface area contributed by atoms with Gasteiger partial charge in [0.25, 0.3) is 0 Å². The van der Waals surface area contributed by atoms with E-state index in [9.17, 15) is 0 Å². The average Bonchev–Trinajstić information content (AvgIpc) is 2.04. The van der Waals surface area contributed by atoms with Gasteiger partial charge in [0, 0.05) is 26.2 Å². The second-order valence-electron chi connectivity index (χ2n) is 4.45. The lowest BCUT2D eigenvalue weighted by Crippen LogP contribution is -2.44. The van der Waals surface area contributed by atoms with Crippen LogP contribution in [0.4, 0.5) is 0 Å². The van der Waals surface area contributed by atoms with Crippen molar-refractivity contribution in [2.45, 2.75) is 25.7 Å². The molecule has 2 heteroatoms. The number of nitrogens with zero attached hydrogens (tertiary/aromatic N) is 1. The maximum Gasteiger partial charge on any atom is 0.0105 e. The molecule has 0 aromatic rings. The van der Waals surface area contributed by atoms with E-state index < -0.39 is 0 Å². The molecule has 1 saturated heterocycles. The summed E-state index contributed by atoms with van der Waals surface area (Å²) in [6.45, 7) is 4.61. The molecule has 2 aliphatic rings. The van der Waals surface area contributed by atoms with Crippen LogP contribution in [-0.4, -0.2) is 31.1 Å². The molecule has 2 rings (SSSR count). The van der Waals surface area contributed by atoms with E-state index in [0.29, 0.717) is 0 Å². The van der Waals surface area contributed by atoms with Gasteiger partial charge in [-0.05, 0) is 31.1 Å². The molecule has 0 amide bonds. The summed E-state index contributed by atoms with van der Waals surface area (Å²) in [5.41, 5.74) is 5.57. The van der Waals surface area contributed by atoms with Gasteiger partial charge >= 0.3 is 0 Å². The lowest BCUT2D eigenvalue weighted by Gasteiger charge is -2.41. The first kappa shape index (κ1) is 8.52. The summed E-state index contributed by atoms with van der Waals surface area (Å²) in [6.07, 6.45) is 5.92. The quantitative estimate of drug-likeness (QED) is 0.668. The van der Waals surface area contributed by atoms with Gasteiger partial charge in [0.1, 0.15) is 0 Å². The normalized spacial score (nSPS) is 36.8. The Morgan fingerprint density at radius 3 is 2.42 bits per heavy atom. The Morgan fingerprint density at radius 2 is 1.83 bits per heavy atom. The summed E-state index contributed by atoms with van der Waals surface area (Å²) in [5, 5.41) is 0. The number of hydrogen-bond donors (Lipinski definition) is 1. The van der Waals surface area contributed by atoms with Gasteiger partial charge in [0.05, 0.1) is 0 Å². The van der Waals surface area contributed by atoms with E-state index in [1.165, 1.54) is 38.8 Å². The van der Waals surface area contributed by atoms with Gasteiger partial charge in [-0.2, -0.15) is 0 Å². The molecule has 0 radical (unpaired) electrons. The molecule has 0 aromatic heterocycles. The van der Waals surface area contributed by atoms with Crippen molar-refractivity contribution >= 4 is 0 Å². The van der Waals surface area contributed by atoms with Gasteiger partial charge in [0.15, 0.2) is 0 Å². The van der Waals surface area contributed by atoms with Crippen LogP contribution in [0.1, 0.15) is 25.7 Å². The lowest BCUT2D eigenvalue weighted by atomic mass is 9.78. The Hall–Kier alpha value is -0.0800. The third-order valence-corrected chi connectivity index (χ3v) is 3.37. The maximum atomic E-state index is 5.57. The third kappa shape index (κ3) is 1.80. The fourth-order valence-electron chi connectivity index (χ4n) is 2.90. The molecule has 1 aliphatic carbocycles. The Balaban J connectivity index is 1.87. The largest absolute Gasteiger partial charge is 0.329 e. The zero-order valence-corrected chi connectivity index (χ0v) is 7.84. The molecule has 1 saturated carbocycles. The predicted octanol–water partition coefficient (Wildman–Crippen LogP) is 1.07. The van der Waals surface area contributed by atoms with E-state index in [1.807, 2.05) is 0 Å². The van der Waals surface area contributed by atoms with E-state index in [0.717, 1.165) is 24.9 Å². The van der Waals surface area contributed by atoms with Crippen molar-refractivity contribution in [3.8, 4) is 0 Å². The van der Waals surface area contributed by atoms with Gasteiger partial charge in [-0.3, -0.25) is 0 Å². The number of piperidine rings is 1. The highest BCUT2D eigenvalue weighted by molar-refractivity contribution is 4.83. The van der Waals surface area contributed by atoms with Crippen molar-refractivity contribution in [2.24, 2.45) is 17.6 Å². The van der Waals surface area contributed by atoms with Gasteiger partial charge in [0.2, 0.25) is 0 Å². The molecule has 2 N–H and O–H groups in total. The first-order valence-electron chi connectivity index (χ1n) is 5.31. The molecule has 1 heterocycles. The van der Waals surface area contributed by atoms with Crippen LogP contribution in [0.3, 0.4) is 0 Å². The highest BCUT2D eigenvalue weighted by atomic mass is 15.1. The van der Waals surface area contributed by atoms with Crippen LogP contribution in [0, 0.1) is 11.8 Å². The van der Waals surface area contributed by atoms with Crippen molar-refractivity contribution in [2.75, 3.05) is 26.2 Å². The van der Waals surface area contributed by atoms with Gasteiger partial charge in [-0.25, -0.2) is 0 Å². The highest BCUT2D eigenvalue weighted by Crippen LogP contribution is 2.33. The van der Waals surface area contributed by atoms with Crippen LogP contribution in [0.2, 0.25) is 0 Å². The van der Waals surface area contributed by atoms with Gasteiger partial charge < -0.3 is 10.6 Å². The molecular weight excluding hydrogens is 148 g/mol. The Labute approximate surface area is 75.1 Å². The summed E-state index contributed by atoms with van der Waals surface area (Å²) in [4.78, 5) is 2.57. The Morgan fingerprint density at radius 1 is 1.17 bits per heavy atom. The minimum atomic E-state index is 0.833. The third-order valence-electron chi connectivity index (χ3n) is 3.37. The summed E-state index contributed by atoms with van der Waals surface area (Å²) >= 11 is 0. The number of hydrogen-bond acceptors (Lipinski definition) is 2. The van der Waals surface area contributed by atoms with Crippen LogP contribution in [-0.2, 0) is 0 Å². The maximum absolute atomic E-state index is 5.57. The van der Waals surface area contributed by atoms with Crippen molar-refractivity contribution in [1.82, 2.24) is 4.90 Å². The van der Waals surface area contributed by atoms with Crippen LogP contribution in [0.25, 0.3) is 0 Å². The van der Waals surface area contributed by atoms with Crippen molar-refractivity contribution in [1.29, 1.82) is 0 Å². The van der Waals surface area contributed by atoms with Gasteiger partial charge in [-0.1, -0.05) is 6.42 Å². The van der Waals surface area contributed by atoms with Crippen molar-refractivity contribution in [3.05, 3.63) is 0 Å². The molecule has 0 aromatic carbocycles. The van der Waals surface area contributed by atoms with E-state index >= 15 is 0 Å². The summed E-state index contributed by atoms with van der Waals surface area (Å²) in [7, 11) is 0. The van der Waals surface area contributed by atoms with Crippen LogP contribution in [0.5, 0.6) is 0 Å². The summed E-state index contributed by atoms with van der Waals surface area (Å²) in [5.74, 6) is 2.01. The number of rotatable bonds is 2. The minimum absolute atomic E-state index is 0.833. The Bertz CT molecular complexity index is 135. The van der Waals surface area contributed by atoms with Crippen LogP contribution in [0.15, 0.2) is 0 Å². The topological polar surface area (TPSA) is 29.3 Å². The van der Waals surface area contributed by atoms with Crippen molar-refractivity contribution < 1.29 is 0 Å². The smallest absolute Gasteiger partial charge is 0.0105 e. The number of likely N-dealkylation sites (tertiary alicyclic amines) is 1. The van der Waals surface area contributed by atoms with E-state index in [-0.39, 0.29) is 0 Å². The van der Waals surface area contributed by atoms with E-state index in [4.69, 9.17) is 5.73 Å². The predicted molar refractivity (Wildman–Crippen MR) is 50.9 cm³/mol. The lowest BCUT2D eigenvalue weighted by molar-refractivity contribution is 0.0888. The molecule has 0 spiro atoms. The first-order valence-corrected chi connectivity index (χ1v) is 5.31. The summed E-state index contributed by atoms with van der Waals surface area (Å²) < 4.78 is 0. The SMILES string of the molecule is NCCN1CC2CCCC(C2)C1.